The van der Waals surface area contributed by atoms with E-state index in [0.29, 0.717) is 29.7 Å². The summed E-state index contributed by atoms with van der Waals surface area (Å²) in [7, 11) is 4.01. The Kier molecular flexibility index (Phi) is 4.70. The maximum Gasteiger partial charge on any atom is 0.258 e. The number of aromatic amines is 1. The molecule has 1 atom stereocenters. The van der Waals surface area contributed by atoms with Crippen LogP contribution in [0.15, 0.2) is 55.2 Å². The number of hydrogen-bond acceptors (Lipinski definition) is 5. The molecular weight excluding hydrogens is 435 g/mol. The van der Waals surface area contributed by atoms with Crippen LogP contribution in [0.4, 0.5) is 4.39 Å². The molecule has 1 unspecified atom stereocenters. The number of rotatable bonds is 4. The van der Waals surface area contributed by atoms with E-state index in [1.807, 2.05) is 32.4 Å². The Hall–Kier alpha value is -4.05. The van der Waals surface area contributed by atoms with E-state index < -0.39 is 6.04 Å². The zero-order valence-corrected chi connectivity index (χ0v) is 18.8. The highest BCUT2D eigenvalue weighted by Gasteiger charge is 2.37. The van der Waals surface area contributed by atoms with E-state index in [1.54, 1.807) is 40.3 Å². The van der Waals surface area contributed by atoms with Crippen molar-refractivity contribution in [1.82, 2.24) is 39.0 Å². The van der Waals surface area contributed by atoms with Gasteiger partial charge in [-0.2, -0.15) is 10.2 Å². The average molecular weight is 459 g/mol. The van der Waals surface area contributed by atoms with Gasteiger partial charge in [0.1, 0.15) is 17.4 Å². The molecule has 6 heterocycles. The Morgan fingerprint density at radius 1 is 1.24 bits per heavy atom. The van der Waals surface area contributed by atoms with Crippen molar-refractivity contribution in [2.24, 2.45) is 0 Å². The number of imidazole rings is 1. The summed E-state index contributed by atoms with van der Waals surface area (Å²) in [6.45, 7) is 1.25. The van der Waals surface area contributed by atoms with E-state index in [2.05, 4.69) is 25.1 Å². The second-order valence-corrected chi connectivity index (χ2v) is 8.84. The molecule has 0 fully saturated rings. The molecule has 0 saturated carbocycles. The van der Waals surface area contributed by atoms with Crippen LogP contribution < -0.4 is 0 Å². The van der Waals surface area contributed by atoms with Gasteiger partial charge in [0, 0.05) is 37.6 Å². The van der Waals surface area contributed by atoms with E-state index in [1.165, 1.54) is 10.6 Å². The van der Waals surface area contributed by atoms with Crippen LogP contribution >= 0.6 is 0 Å². The Bertz CT molecular complexity index is 1530. The molecule has 1 aliphatic heterocycles. The van der Waals surface area contributed by atoms with Crippen molar-refractivity contribution in [2.45, 2.75) is 19.0 Å². The van der Waals surface area contributed by atoms with Gasteiger partial charge in [0.2, 0.25) is 0 Å². The van der Waals surface area contributed by atoms with Gasteiger partial charge < -0.3 is 14.8 Å². The summed E-state index contributed by atoms with van der Waals surface area (Å²) >= 11 is 0. The Labute approximate surface area is 194 Å². The van der Waals surface area contributed by atoms with E-state index >= 15 is 0 Å². The van der Waals surface area contributed by atoms with Gasteiger partial charge in [0.15, 0.2) is 0 Å². The first kappa shape index (κ1) is 20.5. The Morgan fingerprint density at radius 3 is 2.94 bits per heavy atom. The molecule has 1 N–H and O–H groups in total. The van der Waals surface area contributed by atoms with E-state index in [9.17, 15) is 9.18 Å². The summed E-state index contributed by atoms with van der Waals surface area (Å²) in [5, 5.41) is 9.04. The first-order chi connectivity index (χ1) is 16.5. The second-order valence-electron chi connectivity index (χ2n) is 8.84. The van der Waals surface area contributed by atoms with Crippen molar-refractivity contribution in [2.75, 3.05) is 20.6 Å². The lowest BCUT2D eigenvalue weighted by Crippen LogP contribution is -2.41. The Morgan fingerprint density at radius 2 is 2.12 bits per heavy atom. The lowest BCUT2D eigenvalue weighted by atomic mass is 9.98. The molecule has 0 aliphatic carbocycles. The third kappa shape index (κ3) is 3.26. The summed E-state index contributed by atoms with van der Waals surface area (Å²) in [6.07, 6.45) is 7.52. The number of fused-ring (bicyclic) bond motifs is 3. The lowest BCUT2D eigenvalue weighted by Gasteiger charge is -2.33. The van der Waals surface area contributed by atoms with Crippen LogP contribution in [0.2, 0.25) is 0 Å². The number of aromatic nitrogens is 6. The quantitative estimate of drug-likeness (QED) is 0.448. The van der Waals surface area contributed by atoms with Crippen LogP contribution in [0.25, 0.3) is 11.0 Å². The monoisotopic (exact) mass is 458 g/mol. The van der Waals surface area contributed by atoms with Crippen molar-refractivity contribution in [3.8, 4) is 0 Å². The minimum atomic E-state index is -0.537. The number of carbonyl (C=O) groups excluding carboxylic acids is 1. The SMILES string of the molecule is CN(C)Cc1ccc2c(C(=O)N3CCc4[nH]cnc4C3c3cc4c(F)cccn4n3)cnn2c1. The number of nitrogens with zero attached hydrogens (tertiary/aromatic N) is 7. The molecule has 172 valence electrons. The standard InChI is InChI=1S/C24H23FN8O/c1-30(2)12-15-5-6-20-16(11-28-33(20)13-15)24(34)31-9-7-18-22(27-14-26-18)23(31)19-10-21-17(25)4-3-8-32(21)29-19/h3-6,8,10-11,13-14,23H,7,9,12H2,1-2H3,(H,26,27). The number of halogens is 1. The highest BCUT2D eigenvalue weighted by molar-refractivity contribution is 6.01. The predicted octanol–water partition coefficient (Wildman–Crippen LogP) is 2.69. The number of pyridine rings is 2. The molecule has 0 radical (unpaired) electrons. The Balaban J connectivity index is 1.42. The minimum Gasteiger partial charge on any atom is -0.348 e. The third-order valence-electron chi connectivity index (χ3n) is 6.24. The molecule has 5 aromatic rings. The van der Waals surface area contributed by atoms with Gasteiger partial charge in [-0.15, -0.1) is 0 Å². The van der Waals surface area contributed by atoms with Crippen LogP contribution in [0.3, 0.4) is 0 Å². The van der Waals surface area contributed by atoms with E-state index in [4.69, 9.17) is 0 Å². The van der Waals surface area contributed by atoms with E-state index in [0.717, 1.165) is 29.0 Å². The molecule has 9 nitrogen and oxygen atoms in total. The zero-order valence-electron chi connectivity index (χ0n) is 18.8. The van der Waals surface area contributed by atoms with Crippen LogP contribution in [0.1, 0.15) is 39.0 Å². The summed E-state index contributed by atoms with van der Waals surface area (Å²) in [5.74, 6) is -0.528. The molecule has 0 spiro atoms. The lowest BCUT2D eigenvalue weighted by molar-refractivity contribution is 0.0689. The van der Waals surface area contributed by atoms with Gasteiger partial charge in [-0.05, 0) is 43.9 Å². The van der Waals surface area contributed by atoms with Crippen molar-refractivity contribution in [3.63, 3.8) is 0 Å². The van der Waals surface area contributed by atoms with Gasteiger partial charge in [-0.1, -0.05) is 6.07 Å². The fourth-order valence-corrected chi connectivity index (χ4v) is 4.73. The summed E-state index contributed by atoms with van der Waals surface area (Å²) < 4.78 is 17.6. The molecule has 0 aromatic carbocycles. The number of carbonyl (C=O) groups is 1. The highest BCUT2D eigenvalue weighted by Crippen LogP contribution is 2.35. The minimum absolute atomic E-state index is 0.161. The average Bonchev–Trinajstić information content (AvgIpc) is 3.55. The van der Waals surface area contributed by atoms with Crippen molar-refractivity contribution < 1.29 is 9.18 Å². The highest BCUT2D eigenvalue weighted by atomic mass is 19.1. The fourth-order valence-electron chi connectivity index (χ4n) is 4.73. The molecule has 10 heteroatoms. The zero-order chi connectivity index (χ0) is 23.4. The topological polar surface area (TPSA) is 86.8 Å². The van der Waals surface area contributed by atoms with Crippen LogP contribution in [-0.4, -0.2) is 65.5 Å². The van der Waals surface area contributed by atoms with Crippen molar-refractivity contribution >= 4 is 16.9 Å². The molecule has 5 aromatic heterocycles. The number of H-pyrrole nitrogens is 1. The predicted molar refractivity (Wildman–Crippen MR) is 123 cm³/mol. The smallest absolute Gasteiger partial charge is 0.258 e. The summed E-state index contributed by atoms with van der Waals surface area (Å²) in [4.78, 5) is 25.4. The number of nitrogens with one attached hydrogen (secondary N) is 1. The molecule has 1 amide bonds. The second kappa shape index (κ2) is 7.77. The van der Waals surface area contributed by atoms with Gasteiger partial charge in [-0.3, -0.25) is 4.79 Å². The van der Waals surface area contributed by atoms with Crippen molar-refractivity contribution in [1.29, 1.82) is 0 Å². The van der Waals surface area contributed by atoms with E-state index in [-0.39, 0.29) is 11.7 Å². The van der Waals surface area contributed by atoms with Gasteiger partial charge in [0.05, 0.1) is 35.0 Å². The van der Waals surface area contributed by atoms with Gasteiger partial charge in [0.25, 0.3) is 5.91 Å². The van der Waals surface area contributed by atoms with Crippen LogP contribution in [-0.2, 0) is 13.0 Å². The maximum absolute atomic E-state index is 14.4. The maximum atomic E-state index is 14.4. The van der Waals surface area contributed by atoms with Crippen molar-refractivity contribution in [3.05, 3.63) is 89.3 Å². The number of hydrogen-bond donors (Lipinski definition) is 1. The molecule has 34 heavy (non-hydrogen) atoms. The fraction of sp³-hybridized carbons (Fsp3) is 0.250. The molecule has 1 aliphatic rings. The molecule has 0 saturated heterocycles. The van der Waals surface area contributed by atoms with Gasteiger partial charge >= 0.3 is 0 Å². The summed E-state index contributed by atoms with van der Waals surface area (Å²) in [6, 6.07) is 8.09. The normalized spacial score (nSPS) is 16.0. The number of amides is 1. The van der Waals surface area contributed by atoms with Crippen LogP contribution in [0.5, 0.6) is 0 Å². The van der Waals surface area contributed by atoms with Gasteiger partial charge in [-0.25, -0.2) is 18.4 Å². The summed E-state index contributed by atoms with van der Waals surface area (Å²) in [5.41, 5.74) is 4.96. The molecule has 0 bridgehead atoms. The first-order valence-electron chi connectivity index (χ1n) is 11.1. The first-order valence-corrected chi connectivity index (χ1v) is 11.1. The molecule has 6 rings (SSSR count). The largest absolute Gasteiger partial charge is 0.348 e. The van der Waals surface area contributed by atoms with Crippen LogP contribution in [0, 0.1) is 5.82 Å². The third-order valence-corrected chi connectivity index (χ3v) is 6.24. The molecular formula is C24H23FN8O.